The van der Waals surface area contributed by atoms with Crippen LogP contribution < -0.4 is 5.73 Å². The van der Waals surface area contributed by atoms with Crippen LogP contribution in [0.15, 0.2) is 0 Å². The van der Waals surface area contributed by atoms with Gasteiger partial charge in [0.15, 0.2) is 0 Å². The Hall–Kier alpha value is 0.310. The third-order valence-corrected chi connectivity index (χ3v) is 1.76. The Kier molecular flexibility index (Phi) is 3.48. The molecule has 0 aromatic rings. The lowest BCUT2D eigenvalue weighted by molar-refractivity contribution is 0.538. The summed E-state index contributed by atoms with van der Waals surface area (Å²) in [5.41, 5.74) is 5.50. The Labute approximate surface area is 50.7 Å². The molecular formula is C5H13NS. The van der Waals surface area contributed by atoms with Gasteiger partial charge >= 0.3 is 0 Å². The van der Waals surface area contributed by atoms with Crippen LogP contribution in [0.1, 0.15) is 13.8 Å². The molecule has 44 valence electrons. The molecule has 0 amide bonds. The van der Waals surface area contributed by atoms with Gasteiger partial charge in [-0.2, -0.15) is 12.6 Å². The lowest BCUT2D eigenvalue weighted by Gasteiger charge is -2.10. The summed E-state index contributed by atoms with van der Waals surface area (Å²) in [6.45, 7) is 4.10. The van der Waals surface area contributed by atoms with E-state index in [1.165, 1.54) is 0 Å². The first-order valence-electron chi connectivity index (χ1n) is 2.55. The first kappa shape index (κ1) is 7.31. The molecule has 0 bridgehead atoms. The molecule has 0 aromatic carbocycles. The zero-order chi connectivity index (χ0) is 5.86. The molecule has 0 fully saturated rings. The molecular weight excluding hydrogens is 106 g/mol. The van der Waals surface area contributed by atoms with Crippen molar-refractivity contribution in [1.29, 1.82) is 0 Å². The van der Waals surface area contributed by atoms with Gasteiger partial charge in [-0.25, -0.2) is 0 Å². The largest absolute Gasteiger partial charge is 0.328 e. The maximum Gasteiger partial charge on any atom is 0.00439 e. The zero-order valence-corrected chi connectivity index (χ0v) is 5.78. The van der Waals surface area contributed by atoms with Gasteiger partial charge in [-0.05, 0) is 18.6 Å². The second kappa shape index (κ2) is 3.33. The highest BCUT2D eigenvalue weighted by Crippen LogP contribution is 1.99. The lowest BCUT2D eigenvalue weighted by Crippen LogP contribution is -2.25. The molecule has 2 atom stereocenters. The van der Waals surface area contributed by atoms with E-state index < -0.39 is 0 Å². The van der Waals surface area contributed by atoms with Gasteiger partial charge in [0.1, 0.15) is 0 Å². The number of hydrogen-bond donors (Lipinski definition) is 2. The SMILES string of the molecule is CC(N)C(C)CS. The summed E-state index contributed by atoms with van der Waals surface area (Å²) in [6, 6.07) is 0.289. The molecule has 2 N–H and O–H groups in total. The van der Waals surface area contributed by atoms with Crippen molar-refractivity contribution < 1.29 is 0 Å². The predicted molar refractivity (Wildman–Crippen MR) is 36.7 cm³/mol. The lowest BCUT2D eigenvalue weighted by atomic mass is 10.1. The molecule has 0 saturated carbocycles. The fourth-order valence-corrected chi connectivity index (χ4v) is 0.499. The third-order valence-electron chi connectivity index (χ3n) is 1.19. The standard InChI is InChI=1S/C5H13NS/c1-4(3-7)5(2)6/h4-5,7H,3,6H2,1-2H3. The van der Waals surface area contributed by atoms with E-state index in [0.717, 1.165) is 5.75 Å². The van der Waals surface area contributed by atoms with Crippen molar-refractivity contribution in [3.05, 3.63) is 0 Å². The normalized spacial score (nSPS) is 18.9. The van der Waals surface area contributed by atoms with Crippen LogP contribution in [0.2, 0.25) is 0 Å². The van der Waals surface area contributed by atoms with E-state index in [2.05, 4.69) is 19.6 Å². The van der Waals surface area contributed by atoms with E-state index >= 15 is 0 Å². The summed E-state index contributed by atoms with van der Waals surface area (Å²) in [4.78, 5) is 0. The molecule has 2 unspecified atom stereocenters. The molecule has 0 heterocycles. The average molecular weight is 119 g/mol. The number of thiol groups is 1. The fourth-order valence-electron chi connectivity index (χ4n) is 0.166. The van der Waals surface area contributed by atoms with Gasteiger partial charge < -0.3 is 5.73 Å². The highest BCUT2D eigenvalue weighted by molar-refractivity contribution is 7.80. The van der Waals surface area contributed by atoms with Gasteiger partial charge in [0.25, 0.3) is 0 Å². The fraction of sp³-hybridized carbons (Fsp3) is 1.00. The third kappa shape index (κ3) is 2.94. The quantitative estimate of drug-likeness (QED) is 0.519. The molecule has 0 saturated heterocycles. The van der Waals surface area contributed by atoms with E-state index in [0.29, 0.717) is 5.92 Å². The molecule has 0 radical (unpaired) electrons. The van der Waals surface area contributed by atoms with Gasteiger partial charge in [0, 0.05) is 6.04 Å². The molecule has 0 rings (SSSR count). The molecule has 0 aromatic heterocycles. The van der Waals surface area contributed by atoms with Crippen LogP contribution in [0.4, 0.5) is 0 Å². The predicted octanol–water partition coefficient (Wildman–Crippen LogP) is 0.900. The van der Waals surface area contributed by atoms with Gasteiger partial charge in [-0.1, -0.05) is 6.92 Å². The first-order valence-corrected chi connectivity index (χ1v) is 3.18. The number of nitrogens with two attached hydrogens (primary N) is 1. The summed E-state index contributed by atoms with van der Waals surface area (Å²) in [6.07, 6.45) is 0. The summed E-state index contributed by atoms with van der Waals surface area (Å²) >= 11 is 4.07. The van der Waals surface area contributed by atoms with Crippen molar-refractivity contribution >= 4 is 12.6 Å². The van der Waals surface area contributed by atoms with E-state index in [1.807, 2.05) is 6.92 Å². The Morgan fingerprint density at radius 1 is 1.57 bits per heavy atom. The average Bonchev–Trinajstić information content (AvgIpc) is 1.65. The maximum absolute atomic E-state index is 5.50. The summed E-state index contributed by atoms with van der Waals surface area (Å²) in [7, 11) is 0. The van der Waals surface area contributed by atoms with Crippen molar-refractivity contribution in [2.75, 3.05) is 5.75 Å². The van der Waals surface area contributed by atoms with Gasteiger partial charge in [-0.15, -0.1) is 0 Å². The van der Waals surface area contributed by atoms with Crippen molar-refractivity contribution in [2.24, 2.45) is 11.7 Å². The van der Waals surface area contributed by atoms with Crippen LogP contribution in [-0.4, -0.2) is 11.8 Å². The molecule has 0 aliphatic carbocycles. The van der Waals surface area contributed by atoms with Gasteiger partial charge in [-0.3, -0.25) is 0 Å². The Morgan fingerprint density at radius 3 is 2.00 bits per heavy atom. The summed E-state index contributed by atoms with van der Waals surface area (Å²) in [5, 5.41) is 0. The van der Waals surface area contributed by atoms with Crippen LogP contribution in [0.25, 0.3) is 0 Å². The van der Waals surface area contributed by atoms with Crippen molar-refractivity contribution in [3.63, 3.8) is 0 Å². The molecule has 7 heavy (non-hydrogen) atoms. The van der Waals surface area contributed by atoms with Gasteiger partial charge in [0.05, 0.1) is 0 Å². The van der Waals surface area contributed by atoms with Gasteiger partial charge in [0.2, 0.25) is 0 Å². The van der Waals surface area contributed by atoms with Crippen LogP contribution in [0.3, 0.4) is 0 Å². The van der Waals surface area contributed by atoms with Crippen LogP contribution in [0.5, 0.6) is 0 Å². The Bertz CT molecular complexity index is 45.3. The molecule has 0 spiro atoms. The number of rotatable bonds is 2. The highest BCUT2D eigenvalue weighted by atomic mass is 32.1. The molecule has 0 aliphatic rings. The molecule has 1 nitrogen and oxygen atoms in total. The highest BCUT2D eigenvalue weighted by Gasteiger charge is 2.02. The minimum Gasteiger partial charge on any atom is -0.328 e. The van der Waals surface area contributed by atoms with Crippen LogP contribution in [0, 0.1) is 5.92 Å². The topological polar surface area (TPSA) is 26.0 Å². The van der Waals surface area contributed by atoms with E-state index in [1.54, 1.807) is 0 Å². The number of hydrogen-bond acceptors (Lipinski definition) is 2. The van der Waals surface area contributed by atoms with E-state index in [-0.39, 0.29) is 6.04 Å². The second-order valence-electron chi connectivity index (χ2n) is 2.02. The minimum atomic E-state index is 0.289. The van der Waals surface area contributed by atoms with Crippen LogP contribution in [-0.2, 0) is 0 Å². The first-order chi connectivity index (χ1) is 3.18. The minimum absolute atomic E-state index is 0.289. The molecule has 0 aliphatic heterocycles. The second-order valence-corrected chi connectivity index (χ2v) is 2.38. The Morgan fingerprint density at radius 2 is 2.00 bits per heavy atom. The zero-order valence-electron chi connectivity index (χ0n) is 4.89. The van der Waals surface area contributed by atoms with E-state index in [9.17, 15) is 0 Å². The maximum atomic E-state index is 5.50. The smallest absolute Gasteiger partial charge is 0.00439 e. The summed E-state index contributed by atoms with van der Waals surface area (Å²) in [5.74, 6) is 1.43. The van der Waals surface area contributed by atoms with Crippen LogP contribution >= 0.6 is 12.6 Å². The van der Waals surface area contributed by atoms with Crippen molar-refractivity contribution in [1.82, 2.24) is 0 Å². The molecule has 2 heteroatoms. The summed E-state index contributed by atoms with van der Waals surface area (Å²) < 4.78 is 0. The Balaban J connectivity index is 3.14. The van der Waals surface area contributed by atoms with E-state index in [4.69, 9.17) is 5.73 Å². The van der Waals surface area contributed by atoms with Crippen molar-refractivity contribution in [3.8, 4) is 0 Å². The van der Waals surface area contributed by atoms with Crippen molar-refractivity contribution in [2.45, 2.75) is 19.9 Å². The monoisotopic (exact) mass is 119 g/mol.